The van der Waals surface area contributed by atoms with Crippen LogP contribution in [0.3, 0.4) is 0 Å². The predicted octanol–water partition coefficient (Wildman–Crippen LogP) is 2.12. The number of aliphatic hydroxyl groups is 5. The minimum atomic E-state index is -1.80. The van der Waals surface area contributed by atoms with Gasteiger partial charge in [-0.15, -0.1) is 0 Å². The molecule has 2 fully saturated rings. The number of nitrogens with zero attached hydrogens (tertiary/aromatic N) is 2. The lowest BCUT2D eigenvalue weighted by molar-refractivity contribution is -0.299. The molecule has 50 heavy (non-hydrogen) atoms. The molecule has 3 heterocycles. The molecule has 1 aromatic rings. The molecular formula is C37H67N3O10. The minimum Gasteiger partial charge on any atom is -0.468 e. The summed E-state index contributed by atoms with van der Waals surface area (Å²) in [5.74, 6) is -1.93. The van der Waals surface area contributed by atoms with E-state index in [1.165, 1.54) is 13.8 Å². The largest absolute Gasteiger partial charge is 0.468 e. The summed E-state index contributed by atoms with van der Waals surface area (Å²) in [7, 11) is 3.76. The second-order valence-electron chi connectivity index (χ2n) is 15.8. The zero-order valence-electron chi connectivity index (χ0n) is 32.0. The van der Waals surface area contributed by atoms with Gasteiger partial charge in [0.2, 0.25) is 0 Å². The van der Waals surface area contributed by atoms with Gasteiger partial charge >= 0.3 is 5.97 Å². The van der Waals surface area contributed by atoms with E-state index in [1.54, 1.807) is 27.0 Å². The molecule has 0 radical (unpaired) electrons. The highest BCUT2D eigenvalue weighted by atomic mass is 16.7. The molecule has 0 amide bonds. The second-order valence-corrected chi connectivity index (χ2v) is 15.8. The Balaban J connectivity index is 1.96. The van der Waals surface area contributed by atoms with Crippen LogP contribution >= 0.6 is 0 Å². The van der Waals surface area contributed by atoms with E-state index >= 15 is 0 Å². The summed E-state index contributed by atoms with van der Waals surface area (Å²) in [6.07, 6.45) is -3.65. The molecule has 0 unspecified atom stereocenters. The van der Waals surface area contributed by atoms with Crippen LogP contribution in [0.1, 0.15) is 86.8 Å². The van der Waals surface area contributed by atoms with Crippen molar-refractivity contribution >= 4 is 5.97 Å². The molecule has 2 saturated heterocycles. The molecule has 2 aliphatic heterocycles. The first kappa shape index (κ1) is 42.8. The third kappa shape index (κ3) is 10.7. The Morgan fingerprint density at radius 2 is 1.76 bits per heavy atom. The molecule has 0 saturated carbocycles. The Labute approximate surface area is 299 Å². The van der Waals surface area contributed by atoms with E-state index in [4.69, 9.17) is 18.6 Å². The summed E-state index contributed by atoms with van der Waals surface area (Å²) >= 11 is 0. The van der Waals surface area contributed by atoms with Crippen LogP contribution in [0.5, 0.6) is 0 Å². The van der Waals surface area contributed by atoms with Crippen molar-refractivity contribution in [3.8, 4) is 0 Å². The Morgan fingerprint density at radius 3 is 2.36 bits per heavy atom. The molecule has 0 spiro atoms. The fraction of sp³-hybridized carbons (Fsp3) is 0.865. The van der Waals surface area contributed by atoms with Crippen molar-refractivity contribution in [3.05, 3.63) is 24.2 Å². The SMILES string of the molecule is CC[C@H]1OC(=O)[C@H](C)[C@@H](O)[C@H](C)[C@@H](O[C@@H]2O[C@H](C)C[C@H](N(C)C)[C@H]2O)[C@](C)(O)C[C@@H](C)CN(CCCNCc2ccco2)[C@H](C)[C@@H](O)[C@]1(C)O. The van der Waals surface area contributed by atoms with E-state index in [0.29, 0.717) is 32.6 Å². The molecule has 6 N–H and O–H groups in total. The number of esters is 1. The molecule has 2 aliphatic rings. The smallest absolute Gasteiger partial charge is 0.311 e. The third-order valence-corrected chi connectivity index (χ3v) is 11.0. The van der Waals surface area contributed by atoms with Crippen molar-refractivity contribution in [2.75, 3.05) is 33.7 Å². The number of nitrogens with one attached hydrogen (secondary N) is 1. The summed E-state index contributed by atoms with van der Waals surface area (Å²) in [5, 5.41) is 62.0. The Hall–Kier alpha value is -1.65. The number of likely N-dealkylation sites (N-methyl/N-ethyl adjacent to an activating group) is 1. The van der Waals surface area contributed by atoms with Crippen molar-refractivity contribution in [1.29, 1.82) is 0 Å². The molecule has 290 valence electrons. The van der Waals surface area contributed by atoms with Gasteiger partial charge in [-0.3, -0.25) is 9.69 Å². The van der Waals surface area contributed by atoms with Crippen molar-refractivity contribution in [1.82, 2.24) is 15.1 Å². The Kier molecular flexibility index (Phi) is 15.7. The summed E-state index contributed by atoms with van der Waals surface area (Å²) in [5.41, 5.74) is -3.35. The van der Waals surface area contributed by atoms with E-state index in [-0.39, 0.29) is 30.9 Å². The van der Waals surface area contributed by atoms with Crippen molar-refractivity contribution in [2.45, 2.75) is 154 Å². The van der Waals surface area contributed by atoms with Crippen LogP contribution in [0.25, 0.3) is 0 Å². The highest BCUT2D eigenvalue weighted by Gasteiger charge is 2.50. The number of ether oxygens (including phenoxy) is 3. The summed E-state index contributed by atoms with van der Waals surface area (Å²) in [6.45, 7) is 16.2. The van der Waals surface area contributed by atoms with Crippen LogP contribution in [0.2, 0.25) is 0 Å². The third-order valence-electron chi connectivity index (χ3n) is 11.0. The van der Waals surface area contributed by atoms with Crippen LogP contribution in [-0.4, -0.2) is 141 Å². The quantitative estimate of drug-likeness (QED) is 0.154. The normalized spacial score (nSPS) is 41.8. The number of aliphatic hydroxyl groups excluding tert-OH is 3. The van der Waals surface area contributed by atoms with Crippen molar-refractivity contribution < 1.29 is 49.0 Å². The van der Waals surface area contributed by atoms with Gasteiger partial charge in [-0.2, -0.15) is 0 Å². The summed E-state index contributed by atoms with van der Waals surface area (Å²) < 4.78 is 23.8. The van der Waals surface area contributed by atoms with Gasteiger partial charge in [0.05, 0.1) is 42.6 Å². The standard InChI is InChI=1S/C37H67N3O10/c1-11-29-37(8,46)32(43)26(6)40(16-13-15-38-20-27-14-12-17-47-27)21-22(2)19-36(7,45)33(24(4)30(41)25(5)34(44)49-29)50-35-31(42)28(39(9)10)18-23(3)48-35/h12,14,17,22-26,28-33,35,38,41-43,45-46H,11,13,15-16,18-21H2,1-10H3/t22-,23-,24+,25-,26-,28+,29-,30+,31-,32-,33-,35+,36-,37-/m1/s1. The van der Waals surface area contributed by atoms with Crippen molar-refractivity contribution in [2.24, 2.45) is 17.8 Å². The molecule has 14 atom stereocenters. The highest BCUT2D eigenvalue weighted by Crippen LogP contribution is 2.36. The lowest BCUT2D eigenvalue weighted by Gasteiger charge is -2.46. The maximum atomic E-state index is 13.6. The van der Waals surface area contributed by atoms with E-state index in [9.17, 15) is 30.3 Å². The topological polar surface area (TPSA) is 178 Å². The molecule has 13 heteroatoms. The van der Waals surface area contributed by atoms with Gasteiger partial charge in [-0.1, -0.05) is 20.8 Å². The average molecular weight is 714 g/mol. The molecule has 0 aliphatic carbocycles. The van der Waals surface area contributed by atoms with Crippen molar-refractivity contribution in [3.63, 3.8) is 0 Å². The van der Waals surface area contributed by atoms with Crippen LogP contribution in [0, 0.1) is 17.8 Å². The maximum absolute atomic E-state index is 13.6. The van der Waals surface area contributed by atoms with Crippen LogP contribution < -0.4 is 5.32 Å². The molecule has 0 aromatic carbocycles. The fourth-order valence-electron chi connectivity index (χ4n) is 7.93. The number of hydrogen-bond donors (Lipinski definition) is 6. The van der Waals surface area contributed by atoms with E-state index in [2.05, 4.69) is 10.2 Å². The first-order chi connectivity index (χ1) is 23.3. The Morgan fingerprint density at radius 1 is 1.08 bits per heavy atom. The number of rotatable bonds is 10. The summed E-state index contributed by atoms with van der Waals surface area (Å²) in [4.78, 5) is 17.6. The minimum absolute atomic E-state index is 0.149. The van der Waals surface area contributed by atoms with Crippen LogP contribution in [0.15, 0.2) is 22.8 Å². The number of carbonyl (C=O) groups is 1. The first-order valence-electron chi connectivity index (χ1n) is 18.5. The number of carbonyl (C=O) groups excluding carboxylic acids is 1. The molecule has 0 bridgehead atoms. The van der Waals surface area contributed by atoms with E-state index in [1.807, 2.05) is 51.9 Å². The zero-order chi connectivity index (χ0) is 37.6. The van der Waals surface area contributed by atoms with Crippen LogP contribution in [0.4, 0.5) is 0 Å². The highest BCUT2D eigenvalue weighted by molar-refractivity contribution is 5.73. The lowest BCUT2D eigenvalue weighted by Crippen LogP contribution is -2.59. The van der Waals surface area contributed by atoms with Gasteiger partial charge < -0.3 is 54.4 Å². The fourth-order valence-corrected chi connectivity index (χ4v) is 7.93. The zero-order valence-corrected chi connectivity index (χ0v) is 32.0. The van der Waals surface area contributed by atoms with Gasteiger partial charge in [0.25, 0.3) is 0 Å². The first-order valence-corrected chi connectivity index (χ1v) is 18.5. The molecule has 13 nitrogen and oxygen atoms in total. The van der Waals surface area contributed by atoms with Gasteiger partial charge in [0.1, 0.15) is 29.7 Å². The van der Waals surface area contributed by atoms with Gasteiger partial charge in [-0.25, -0.2) is 0 Å². The summed E-state index contributed by atoms with van der Waals surface area (Å²) in [6, 6.07) is 2.94. The number of hydrogen-bond acceptors (Lipinski definition) is 13. The predicted molar refractivity (Wildman–Crippen MR) is 189 cm³/mol. The Bertz CT molecular complexity index is 1150. The van der Waals surface area contributed by atoms with E-state index < -0.39 is 71.9 Å². The molecular weight excluding hydrogens is 646 g/mol. The average Bonchev–Trinajstić information content (AvgIpc) is 3.57. The van der Waals surface area contributed by atoms with Crippen LogP contribution in [-0.2, 0) is 25.5 Å². The second kappa shape index (κ2) is 18.4. The monoisotopic (exact) mass is 713 g/mol. The lowest BCUT2D eigenvalue weighted by atomic mass is 9.78. The van der Waals surface area contributed by atoms with Gasteiger partial charge in [0.15, 0.2) is 6.29 Å². The number of furan rings is 1. The molecule has 1 aromatic heterocycles. The van der Waals surface area contributed by atoms with Gasteiger partial charge in [-0.05, 0) is 106 Å². The van der Waals surface area contributed by atoms with E-state index in [0.717, 1.165) is 12.2 Å². The maximum Gasteiger partial charge on any atom is 0.311 e. The number of cyclic esters (lactones) is 1. The van der Waals surface area contributed by atoms with Gasteiger partial charge in [0, 0.05) is 24.5 Å². The molecule has 3 rings (SSSR count).